The summed E-state index contributed by atoms with van der Waals surface area (Å²) in [6.07, 6.45) is 3.24. The Morgan fingerprint density at radius 1 is 1.32 bits per heavy atom. The number of aryl methyl sites for hydroxylation is 2. The first-order valence-corrected chi connectivity index (χ1v) is 5.93. The maximum Gasteiger partial charge on any atom is 0.154 e. The topological polar surface area (TPSA) is 67.6 Å². The van der Waals surface area contributed by atoms with Gasteiger partial charge in [0.25, 0.3) is 0 Å². The number of nitrogen functional groups attached to an aromatic ring is 1. The van der Waals surface area contributed by atoms with E-state index in [4.69, 9.17) is 5.73 Å². The van der Waals surface area contributed by atoms with Crippen LogP contribution >= 0.6 is 0 Å². The maximum atomic E-state index is 14.5. The zero-order valence-corrected chi connectivity index (χ0v) is 10.7. The Morgan fingerprint density at radius 3 is 2.79 bits per heavy atom. The van der Waals surface area contributed by atoms with Crippen LogP contribution in [0.5, 0.6) is 0 Å². The molecule has 5 heteroatoms. The van der Waals surface area contributed by atoms with E-state index in [1.165, 1.54) is 0 Å². The highest BCUT2D eigenvalue weighted by atomic mass is 19.1. The first-order chi connectivity index (χ1) is 9.09. The SMILES string of the molecule is Cc1n[nH]c(C)c1-c1cc2ccncc2c(N)c1F. The maximum absolute atomic E-state index is 14.5. The van der Waals surface area contributed by atoms with Gasteiger partial charge in [-0.2, -0.15) is 5.10 Å². The van der Waals surface area contributed by atoms with Gasteiger partial charge < -0.3 is 5.73 Å². The average molecular weight is 256 g/mol. The van der Waals surface area contributed by atoms with E-state index in [9.17, 15) is 4.39 Å². The van der Waals surface area contributed by atoms with Gasteiger partial charge >= 0.3 is 0 Å². The Kier molecular flexibility index (Phi) is 2.48. The van der Waals surface area contributed by atoms with Crippen LogP contribution in [0.1, 0.15) is 11.4 Å². The van der Waals surface area contributed by atoms with Crippen molar-refractivity contribution in [1.82, 2.24) is 15.2 Å². The molecule has 0 saturated carbocycles. The Bertz CT molecular complexity index is 757. The monoisotopic (exact) mass is 256 g/mol. The zero-order chi connectivity index (χ0) is 13.6. The molecule has 0 aliphatic rings. The molecule has 0 fully saturated rings. The van der Waals surface area contributed by atoms with Gasteiger partial charge in [-0.15, -0.1) is 0 Å². The molecule has 0 spiro atoms. The van der Waals surface area contributed by atoms with E-state index in [2.05, 4.69) is 15.2 Å². The van der Waals surface area contributed by atoms with Crippen LogP contribution < -0.4 is 5.73 Å². The second-order valence-corrected chi connectivity index (χ2v) is 4.56. The minimum absolute atomic E-state index is 0.126. The number of nitrogens with zero attached hydrogens (tertiary/aromatic N) is 2. The molecule has 0 saturated heterocycles. The first-order valence-electron chi connectivity index (χ1n) is 5.93. The van der Waals surface area contributed by atoms with Crippen molar-refractivity contribution in [3.8, 4) is 11.1 Å². The van der Waals surface area contributed by atoms with E-state index in [0.717, 1.165) is 22.3 Å². The van der Waals surface area contributed by atoms with Gasteiger partial charge in [0, 0.05) is 34.6 Å². The highest BCUT2D eigenvalue weighted by Gasteiger charge is 2.17. The number of pyridine rings is 1. The number of hydrogen-bond acceptors (Lipinski definition) is 3. The second-order valence-electron chi connectivity index (χ2n) is 4.56. The minimum atomic E-state index is -0.423. The van der Waals surface area contributed by atoms with Gasteiger partial charge in [0.15, 0.2) is 5.82 Å². The van der Waals surface area contributed by atoms with Crippen molar-refractivity contribution in [3.63, 3.8) is 0 Å². The van der Waals surface area contributed by atoms with E-state index >= 15 is 0 Å². The van der Waals surface area contributed by atoms with Crippen molar-refractivity contribution in [2.45, 2.75) is 13.8 Å². The Balaban J connectivity index is 2.40. The van der Waals surface area contributed by atoms with Crippen LogP contribution in [-0.4, -0.2) is 15.2 Å². The molecule has 3 aromatic rings. The van der Waals surface area contributed by atoms with Gasteiger partial charge in [0.2, 0.25) is 0 Å². The smallest absolute Gasteiger partial charge is 0.154 e. The fourth-order valence-electron chi connectivity index (χ4n) is 2.37. The molecular weight excluding hydrogens is 243 g/mol. The molecule has 3 rings (SSSR count). The molecule has 0 amide bonds. The third-order valence-electron chi connectivity index (χ3n) is 3.32. The van der Waals surface area contributed by atoms with Gasteiger partial charge in [-0.05, 0) is 31.4 Å². The summed E-state index contributed by atoms with van der Waals surface area (Å²) in [6.45, 7) is 3.70. The molecule has 0 unspecified atom stereocenters. The van der Waals surface area contributed by atoms with Crippen molar-refractivity contribution in [2.75, 3.05) is 5.73 Å². The number of H-pyrrole nitrogens is 1. The summed E-state index contributed by atoms with van der Waals surface area (Å²) in [5.74, 6) is -0.423. The highest BCUT2D eigenvalue weighted by molar-refractivity contribution is 5.97. The summed E-state index contributed by atoms with van der Waals surface area (Å²) in [6, 6.07) is 3.60. The molecule has 0 aliphatic heterocycles. The second kappa shape index (κ2) is 4.05. The number of nitrogens with two attached hydrogens (primary N) is 1. The van der Waals surface area contributed by atoms with Crippen LogP contribution in [-0.2, 0) is 0 Å². The molecule has 2 aromatic heterocycles. The highest BCUT2D eigenvalue weighted by Crippen LogP contribution is 2.35. The summed E-state index contributed by atoms with van der Waals surface area (Å²) < 4.78 is 14.5. The van der Waals surface area contributed by atoms with E-state index in [-0.39, 0.29) is 5.69 Å². The molecule has 4 nitrogen and oxygen atoms in total. The summed E-state index contributed by atoms with van der Waals surface area (Å²) in [7, 11) is 0. The van der Waals surface area contributed by atoms with Crippen LogP contribution in [0.25, 0.3) is 21.9 Å². The molecular formula is C14H13FN4. The van der Waals surface area contributed by atoms with E-state index in [1.807, 2.05) is 19.9 Å². The van der Waals surface area contributed by atoms with Crippen LogP contribution in [0.3, 0.4) is 0 Å². The Morgan fingerprint density at radius 2 is 2.11 bits per heavy atom. The van der Waals surface area contributed by atoms with Crippen molar-refractivity contribution >= 4 is 16.5 Å². The lowest BCUT2D eigenvalue weighted by Gasteiger charge is -2.09. The van der Waals surface area contributed by atoms with E-state index < -0.39 is 5.82 Å². The molecule has 2 heterocycles. The third-order valence-corrected chi connectivity index (χ3v) is 3.32. The molecule has 0 aliphatic carbocycles. The quantitative estimate of drug-likeness (QED) is 0.658. The van der Waals surface area contributed by atoms with Gasteiger partial charge in [-0.25, -0.2) is 4.39 Å². The molecule has 19 heavy (non-hydrogen) atoms. The molecule has 1 aromatic carbocycles. The number of rotatable bonds is 1. The number of aromatic amines is 1. The van der Waals surface area contributed by atoms with Crippen molar-refractivity contribution in [3.05, 3.63) is 41.7 Å². The molecule has 0 atom stereocenters. The molecule has 3 N–H and O–H groups in total. The fraction of sp³-hybridized carbons (Fsp3) is 0.143. The predicted molar refractivity (Wildman–Crippen MR) is 73.2 cm³/mol. The van der Waals surface area contributed by atoms with Gasteiger partial charge in [0.05, 0.1) is 11.4 Å². The van der Waals surface area contributed by atoms with Gasteiger partial charge in [-0.1, -0.05) is 0 Å². The number of nitrogens with one attached hydrogen (secondary N) is 1. The average Bonchev–Trinajstić information content (AvgIpc) is 2.74. The predicted octanol–water partition coefficient (Wildman–Crippen LogP) is 2.96. The number of anilines is 1. The Hall–Kier alpha value is -2.43. The van der Waals surface area contributed by atoms with Crippen LogP contribution in [0.4, 0.5) is 10.1 Å². The minimum Gasteiger partial charge on any atom is -0.396 e. The van der Waals surface area contributed by atoms with Crippen molar-refractivity contribution in [2.24, 2.45) is 0 Å². The third kappa shape index (κ3) is 1.66. The molecule has 0 bridgehead atoms. The van der Waals surface area contributed by atoms with Crippen molar-refractivity contribution in [1.29, 1.82) is 0 Å². The van der Waals surface area contributed by atoms with Crippen LogP contribution in [0, 0.1) is 19.7 Å². The molecule has 96 valence electrons. The number of aromatic nitrogens is 3. The Labute approximate surface area is 109 Å². The summed E-state index contributed by atoms with van der Waals surface area (Å²) in [4.78, 5) is 3.98. The number of benzene rings is 1. The lowest BCUT2D eigenvalue weighted by molar-refractivity contribution is 0.637. The normalized spacial score (nSPS) is 11.1. The largest absolute Gasteiger partial charge is 0.396 e. The van der Waals surface area contributed by atoms with Crippen LogP contribution in [0.2, 0.25) is 0 Å². The molecule has 0 radical (unpaired) electrons. The lowest BCUT2D eigenvalue weighted by atomic mass is 9.98. The van der Waals surface area contributed by atoms with E-state index in [1.54, 1.807) is 18.5 Å². The number of hydrogen-bond donors (Lipinski definition) is 2. The van der Waals surface area contributed by atoms with Crippen LogP contribution in [0.15, 0.2) is 24.5 Å². The van der Waals surface area contributed by atoms with E-state index in [0.29, 0.717) is 10.9 Å². The summed E-state index contributed by atoms with van der Waals surface area (Å²) >= 11 is 0. The number of halogens is 1. The first kappa shape index (κ1) is 11.6. The fourth-order valence-corrected chi connectivity index (χ4v) is 2.37. The zero-order valence-electron chi connectivity index (χ0n) is 10.7. The summed E-state index contributed by atoms with van der Waals surface area (Å²) in [5, 5.41) is 8.45. The summed E-state index contributed by atoms with van der Waals surface area (Å²) in [5.41, 5.74) is 8.82. The van der Waals surface area contributed by atoms with Crippen molar-refractivity contribution < 1.29 is 4.39 Å². The van der Waals surface area contributed by atoms with Gasteiger partial charge in [0.1, 0.15) is 0 Å². The van der Waals surface area contributed by atoms with Gasteiger partial charge in [-0.3, -0.25) is 10.1 Å². The lowest BCUT2D eigenvalue weighted by Crippen LogP contribution is -1.97. The standard InChI is InChI=1S/C14H13FN4/c1-7-12(8(2)19-18-7)10-5-9-3-4-17-6-11(9)14(16)13(10)15/h3-6H,16H2,1-2H3,(H,18,19). The number of fused-ring (bicyclic) bond motifs is 1.